The molecule has 0 radical (unpaired) electrons. The summed E-state index contributed by atoms with van der Waals surface area (Å²) in [7, 11) is -3.68. The molecule has 112 valence electrons. The quantitative estimate of drug-likeness (QED) is 0.754. The van der Waals surface area contributed by atoms with Crippen LogP contribution in [0.4, 0.5) is 0 Å². The molecule has 0 aliphatic carbocycles. The third-order valence-corrected chi connectivity index (χ3v) is 4.37. The van der Waals surface area contributed by atoms with Gasteiger partial charge in [0.05, 0.1) is 12.3 Å². The first-order valence-electron chi connectivity index (χ1n) is 6.33. The van der Waals surface area contributed by atoms with Gasteiger partial charge in [-0.2, -0.15) is 5.10 Å². The van der Waals surface area contributed by atoms with E-state index in [2.05, 4.69) is 9.82 Å². The van der Waals surface area contributed by atoms with Crippen molar-refractivity contribution in [2.24, 2.45) is 0 Å². The first kappa shape index (κ1) is 14.9. The molecule has 1 atom stereocenters. The summed E-state index contributed by atoms with van der Waals surface area (Å²) in [6, 6.07) is 0. The maximum atomic E-state index is 12.0. The molecule has 0 spiro atoms. The fourth-order valence-electron chi connectivity index (χ4n) is 1.96. The molecule has 0 saturated carbocycles. The maximum Gasteiger partial charge on any atom is 0.325 e. The number of sulfonamides is 1. The van der Waals surface area contributed by atoms with Crippen molar-refractivity contribution < 1.29 is 23.1 Å². The van der Waals surface area contributed by atoms with E-state index in [1.54, 1.807) is 0 Å². The third-order valence-electron chi connectivity index (χ3n) is 2.99. The Bertz CT molecular complexity index is 562. The monoisotopic (exact) mass is 303 g/mol. The SMILES string of the molecule is O=C(O)Cn1cc(S(=O)(=O)NCC2CCCCO2)cn1. The van der Waals surface area contributed by atoms with E-state index >= 15 is 0 Å². The van der Waals surface area contributed by atoms with Crippen molar-refractivity contribution in [3.05, 3.63) is 12.4 Å². The Labute approximate surface area is 116 Å². The van der Waals surface area contributed by atoms with E-state index in [9.17, 15) is 13.2 Å². The van der Waals surface area contributed by atoms with Crippen molar-refractivity contribution in [3.8, 4) is 0 Å². The van der Waals surface area contributed by atoms with Gasteiger partial charge in [-0.3, -0.25) is 9.48 Å². The fourth-order valence-corrected chi connectivity index (χ4v) is 2.98. The van der Waals surface area contributed by atoms with Crippen LogP contribution in [0.3, 0.4) is 0 Å². The van der Waals surface area contributed by atoms with Crippen LogP contribution in [0.15, 0.2) is 17.3 Å². The number of hydrogen-bond donors (Lipinski definition) is 2. The lowest BCUT2D eigenvalue weighted by atomic mass is 10.1. The molecular weight excluding hydrogens is 286 g/mol. The summed E-state index contributed by atoms with van der Waals surface area (Å²) in [4.78, 5) is 10.5. The Morgan fingerprint density at radius 3 is 3.00 bits per heavy atom. The second kappa shape index (κ2) is 6.33. The topological polar surface area (TPSA) is 111 Å². The van der Waals surface area contributed by atoms with Crippen LogP contribution in [0.25, 0.3) is 0 Å². The zero-order valence-corrected chi connectivity index (χ0v) is 11.7. The largest absolute Gasteiger partial charge is 0.480 e. The molecule has 0 bridgehead atoms. The fraction of sp³-hybridized carbons (Fsp3) is 0.636. The molecule has 1 saturated heterocycles. The van der Waals surface area contributed by atoms with E-state index in [4.69, 9.17) is 9.84 Å². The lowest BCUT2D eigenvalue weighted by Crippen LogP contribution is -2.35. The summed E-state index contributed by atoms with van der Waals surface area (Å²) in [6.07, 6.45) is 5.09. The van der Waals surface area contributed by atoms with Crippen LogP contribution >= 0.6 is 0 Å². The Morgan fingerprint density at radius 2 is 2.35 bits per heavy atom. The molecule has 0 amide bonds. The van der Waals surface area contributed by atoms with E-state index in [0.717, 1.165) is 30.1 Å². The lowest BCUT2D eigenvalue weighted by molar-refractivity contribution is -0.137. The number of ether oxygens (including phenoxy) is 1. The number of aliphatic carboxylic acids is 1. The molecule has 1 aliphatic rings. The molecule has 1 aromatic rings. The van der Waals surface area contributed by atoms with Crippen LogP contribution < -0.4 is 4.72 Å². The van der Waals surface area contributed by atoms with E-state index < -0.39 is 16.0 Å². The van der Waals surface area contributed by atoms with Gasteiger partial charge in [0, 0.05) is 19.3 Å². The summed E-state index contributed by atoms with van der Waals surface area (Å²) < 4.78 is 33.0. The maximum absolute atomic E-state index is 12.0. The summed E-state index contributed by atoms with van der Waals surface area (Å²) >= 11 is 0. The molecular formula is C11H17N3O5S. The number of nitrogens with zero attached hydrogens (tertiary/aromatic N) is 2. The summed E-state index contributed by atoms with van der Waals surface area (Å²) in [5.41, 5.74) is 0. The van der Waals surface area contributed by atoms with Crippen molar-refractivity contribution in [3.63, 3.8) is 0 Å². The first-order valence-corrected chi connectivity index (χ1v) is 7.81. The number of carboxylic acid groups (broad SMARTS) is 1. The molecule has 1 aromatic heterocycles. The molecule has 0 aromatic carbocycles. The number of carbonyl (C=O) groups is 1. The molecule has 1 aliphatic heterocycles. The Morgan fingerprint density at radius 1 is 1.55 bits per heavy atom. The van der Waals surface area contributed by atoms with Gasteiger partial charge in [-0.1, -0.05) is 0 Å². The molecule has 2 rings (SSSR count). The van der Waals surface area contributed by atoms with Gasteiger partial charge in [0.25, 0.3) is 0 Å². The molecule has 1 unspecified atom stereocenters. The number of aromatic nitrogens is 2. The summed E-state index contributed by atoms with van der Waals surface area (Å²) in [6.45, 7) is 0.497. The average molecular weight is 303 g/mol. The van der Waals surface area contributed by atoms with Gasteiger partial charge in [-0.15, -0.1) is 0 Å². The van der Waals surface area contributed by atoms with Crippen LogP contribution in [0, 0.1) is 0 Å². The van der Waals surface area contributed by atoms with Crippen molar-refractivity contribution in [2.75, 3.05) is 13.2 Å². The van der Waals surface area contributed by atoms with Crippen LogP contribution in [-0.2, 0) is 26.1 Å². The molecule has 2 heterocycles. The van der Waals surface area contributed by atoms with E-state index in [1.165, 1.54) is 6.20 Å². The van der Waals surface area contributed by atoms with Crippen LogP contribution in [-0.4, -0.2) is 48.5 Å². The van der Waals surface area contributed by atoms with Gasteiger partial charge in [-0.25, -0.2) is 13.1 Å². The normalized spacial score (nSPS) is 19.9. The van der Waals surface area contributed by atoms with E-state index in [-0.39, 0.29) is 24.1 Å². The number of hydrogen-bond acceptors (Lipinski definition) is 5. The summed E-state index contributed by atoms with van der Waals surface area (Å²) in [5, 5.41) is 12.3. The third kappa shape index (κ3) is 4.02. The zero-order valence-electron chi connectivity index (χ0n) is 10.9. The second-order valence-corrected chi connectivity index (χ2v) is 6.37. The van der Waals surface area contributed by atoms with Crippen molar-refractivity contribution >= 4 is 16.0 Å². The zero-order chi connectivity index (χ0) is 14.6. The Kier molecular flexibility index (Phi) is 4.73. The molecule has 1 fully saturated rings. The number of rotatable bonds is 6. The van der Waals surface area contributed by atoms with Gasteiger partial charge in [-0.05, 0) is 19.3 Å². The predicted molar refractivity (Wildman–Crippen MR) is 68.6 cm³/mol. The molecule has 20 heavy (non-hydrogen) atoms. The Hall–Kier alpha value is -1.45. The minimum Gasteiger partial charge on any atom is -0.480 e. The molecule has 2 N–H and O–H groups in total. The van der Waals surface area contributed by atoms with Crippen LogP contribution in [0.2, 0.25) is 0 Å². The highest BCUT2D eigenvalue weighted by Crippen LogP contribution is 2.13. The lowest BCUT2D eigenvalue weighted by Gasteiger charge is -2.22. The number of nitrogens with one attached hydrogen (secondary N) is 1. The average Bonchev–Trinajstić information content (AvgIpc) is 2.86. The van der Waals surface area contributed by atoms with Gasteiger partial charge >= 0.3 is 5.97 Å². The first-order chi connectivity index (χ1) is 9.47. The summed E-state index contributed by atoms with van der Waals surface area (Å²) in [5.74, 6) is -1.08. The predicted octanol–water partition coefficient (Wildman–Crippen LogP) is -0.185. The van der Waals surface area contributed by atoms with Gasteiger partial charge < -0.3 is 9.84 Å². The van der Waals surface area contributed by atoms with E-state index in [0.29, 0.717) is 6.61 Å². The van der Waals surface area contributed by atoms with Crippen molar-refractivity contribution in [2.45, 2.75) is 36.8 Å². The molecule has 9 heteroatoms. The minimum atomic E-state index is -3.68. The smallest absolute Gasteiger partial charge is 0.325 e. The highest BCUT2D eigenvalue weighted by molar-refractivity contribution is 7.89. The second-order valence-electron chi connectivity index (χ2n) is 4.61. The minimum absolute atomic E-state index is 0.0467. The van der Waals surface area contributed by atoms with Gasteiger partial charge in [0.2, 0.25) is 10.0 Å². The van der Waals surface area contributed by atoms with Crippen molar-refractivity contribution in [1.82, 2.24) is 14.5 Å². The van der Waals surface area contributed by atoms with Crippen LogP contribution in [0.5, 0.6) is 0 Å². The standard InChI is InChI=1S/C11H17N3O5S/c15-11(16)8-14-7-10(6-12-14)20(17,18)13-5-9-3-1-2-4-19-9/h6-7,9,13H,1-5,8H2,(H,15,16). The van der Waals surface area contributed by atoms with Crippen molar-refractivity contribution in [1.29, 1.82) is 0 Å². The highest BCUT2D eigenvalue weighted by Gasteiger charge is 2.20. The highest BCUT2D eigenvalue weighted by atomic mass is 32.2. The van der Waals surface area contributed by atoms with Crippen LogP contribution in [0.1, 0.15) is 19.3 Å². The van der Waals surface area contributed by atoms with Gasteiger partial charge in [0.15, 0.2) is 0 Å². The number of carboxylic acids is 1. The van der Waals surface area contributed by atoms with E-state index in [1.807, 2.05) is 0 Å². The molecule has 8 nitrogen and oxygen atoms in total. The van der Waals surface area contributed by atoms with Gasteiger partial charge in [0.1, 0.15) is 11.4 Å². The Balaban J connectivity index is 1.95.